The SMILES string of the molecule is Nc1ncccc1C(O)c1coc2ccccc12. The van der Waals surface area contributed by atoms with Crippen molar-refractivity contribution in [2.45, 2.75) is 6.10 Å². The van der Waals surface area contributed by atoms with E-state index in [1.165, 1.54) is 0 Å². The molecule has 0 radical (unpaired) electrons. The number of pyridine rings is 1. The van der Waals surface area contributed by atoms with Crippen LogP contribution in [0, 0.1) is 0 Å². The lowest BCUT2D eigenvalue weighted by atomic mass is 10.0. The Hall–Kier alpha value is -2.33. The third-order valence-corrected chi connectivity index (χ3v) is 2.97. The first-order valence-electron chi connectivity index (χ1n) is 5.62. The zero-order valence-electron chi connectivity index (χ0n) is 9.58. The molecule has 0 aliphatic heterocycles. The number of benzene rings is 1. The second-order valence-corrected chi connectivity index (χ2v) is 4.07. The molecule has 4 heteroatoms. The summed E-state index contributed by atoms with van der Waals surface area (Å²) in [4.78, 5) is 3.98. The molecule has 1 atom stereocenters. The maximum atomic E-state index is 10.4. The largest absolute Gasteiger partial charge is 0.464 e. The normalized spacial score (nSPS) is 12.7. The molecular weight excluding hydrogens is 228 g/mol. The van der Waals surface area contributed by atoms with Crippen LogP contribution in [0.2, 0.25) is 0 Å². The van der Waals surface area contributed by atoms with Gasteiger partial charge in [0.15, 0.2) is 0 Å². The van der Waals surface area contributed by atoms with Crippen molar-refractivity contribution in [1.82, 2.24) is 4.98 Å². The molecule has 2 heterocycles. The van der Waals surface area contributed by atoms with Crippen LogP contribution in [0.1, 0.15) is 17.2 Å². The molecule has 18 heavy (non-hydrogen) atoms. The molecule has 0 aliphatic carbocycles. The molecule has 0 saturated heterocycles. The van der Waals surface area contributed by atoms with E-state index in [1.807, 2.05) is 24.3 Å². The highest BCUT2D eigenvalue weighted by molar-refractivity contribution is 5.81. The maximum Gasteiger partial charge on any atom is 0.134 e. The fourth-order valence-electron chi connectivity index (χ4n) is 2.04. The van der Waals surface area contributed by atoms with Crippen LogP contribution >= 0.6 is 0 Å². The Morgan fingerprint density at radius 3 is 2.78 bits per heavy atom. The van der Waals surface area contributed by atoms with Crippen LogP contribution in [0.25, 0.3) is 11.0 Å². The Labute approximate surface area is 104 Å². The predicted molar refractivity (Wildman–Crippen MR) is 68.9 cm³/mol. The van der Waals surface area contributed by atoms with Crippen LogP contribution in [0.5, 0.6) is 0 Å². The lowest BCUT2D eigenvalue weighted by Gasteiger charge is -2.11. The highest BCUT2D eigenvalue weighted by atomic mass is 16.3. The molecule has 0 bridgehead atoms. The van der Waals surface area contributed by atoms with Crippen molar-refractivity contribution in [3.05, 3.63) is 60.0 Å². The summed E-state index contributed by atoms with van der Waals surface area (Å²) in [7, 11) is 0. The molecule has 3 aromatic rings. The van der Waals surface area contributed by atoms with Crippen molar-refractivity contribution in [1.29, 1.82) is 0 Å². The molecule has 2 aromatic heterocycles. The molecule has 90 valence electrons. The molecule has 3 N–H and O–H groups in total. The second kappa shape index (κ2) is 4.16. The van der Waals surface area contributed by atoms with Crippen LogP contribution in [-0.4, -0.2) is 10.1 Å². The first kappa shape index (κ1) is 10.8. The number of aliphatic hydroxyl groups is 1. The lowest BCUT2D eigenvalue weighted by Crippen LogP contribution is -2.04. The van der Waals surface area contributed by atoms with Crippen molar-refractivity contribution < 1.29 is 9.52 Å². The van der Waals surface area contributed by atoms with Gasteiger partial charge in [0.2, 0.25) is 0 Å². The van der Waals surface area contributed by atoms with Gasteiger partial charge >= 0.3 is 0 Å². The number of hydrogen-bond donors (Lipinski definition) is 2. The number of nitrogens with zero attached hydrogens (tertiary/aromatic N) is 1. The Balaban J connectivity index is 2.13. The molecule has 0 amide bonds. The molecule has 1 unspecified atom stereocenters. The quantitative estimate of drug-likeness (QED) is 0.721. The van der Waals surface area contributed by atoms with Crippen LogP contribution in [0.4, 0.5) is 5.82 Å². The summed E-state index contributed by atoms with van der Waals surface area (Å²) in [5.41, 5.74) is 7.80. The second-order valence-electron chi connectivity index (χ2n) is 4.07. The van der Waals surface area contributed by atoms with E-state index >= 15 is 0 Å². The summed E-state index contributed by atoms with van der Waals surface area (Å²) in [6, 6.07) is 11.1. The summed E-state index contributed by atoms with van der Waals surface area (Å²) in [6.45, 7) is 0. The Morgan fingerprint density at radius 1 is 1.11 bits per heavy atom. The van der Waals surface area contributed by atoms with Gasteiger partial charge in [-0.05, 0) is 12.1 Å². The average Bonchev–Trinajstić information content (AvgIpc) is 2.82. The minimum atomic E-state index is -0.831. The van der Waals surface area contributed by atoms with Gasteiger partial charge in [0, 0.05) is 22.7 Å². The summed E-state index contributed by atoms with van der Waals surface area (Å²) >= 11 is 0. The third-order valence-electron chi connectivity index (χ3n) is 2.97. The minimum Gasteiger partial charge on any atom is -0.464 e. The van der Waals surface area contributed by atoms with Crippen LogP contribution < -0.4 is 5.73 Å². The summed E-state index contributed by atoms with van der Waals surface area (Å²) in [5.74, 6) is 0.329. The van der Waals surface area contributed by atoms with E-state index < -0.39 is 6.10 Å². The highest BCUT2D eigenvalue weighted by Crippen LogP contribution is 2.31. The molecule has 0 spiro atoms. The number of furan rings is 1. The number of fused-ring (bicyclic) bond motifs is 1. The van der Waals surface area contributed by atoms with Gasteiger partial charge < -0.3 is 15.3 Å². The number of para-hydroxylation sites is 1. The summed E-state index contributed by atoms with van der Waals surface area (Å²) in [5, 5.41) is 11.3. The van der Waals surface area contributed by atoms with Crippen LogP contribution in [0.3, 0.4) is 0 Å². The number of aromatic nitrogens is 1. The van der Waals surface area contributed by atoms with Gasteiger partial charge in [0.05, 0.1) is 6.26 Å². The molecule has 1 aromatic carbocycles. The third kappa shape index (κ3) is 1.63. The minimum absolute atomic E-state index is 0.329. The average molecular weight is 240 g/mol. The topological polar surface area (TPSA) is 72.3 Å². The fraction of sp³-hybridized carbons (Fsp3) is 0.0714. The van der Waals surface area contributed by atoms with E-state index in [0.717, 1.165) is 11.0 Å². The molecule has 4 nitrogen and oxygen atoms in total. The van der Waals surface area contributed by atoms with E-state index in [-0.39, 0.29) is 0 Å². The number of nitrogen functional groups attached to an aromatic ring is 1. The van der Waals surface area contributed by atoms with E-state index in [1.54, 1.807) is 24.6 Å². The maximum absolute atomic E-state index is 10.4. The standard InChI is InChI=1S/C14H12N2O2/c15-14-10(5-3-7-16-14)13(17)11-8-18-12-6-2-1-4-9(11)12/h1-8,13,17H,(H2,15,16). The van der Waals surface area contributed by atoms with Crippen molar-refractivity contribution in [3.8, 4) is 0 Å². The van der Waals surface area contributed by atoms with E-state index in [9.17, 15) is 5.11 Å². The molecule has 0 fully saturated rings. The van der Waals surface area contributed by atoms with Crippen LogP contribution in [-0.2, 0) is 0 Å². The molecule has 3 rings (SSSR count). The Kier molecular flexibility index (Phi) is 2.50. The predicted octanol–water partition coefficient (Wildman–Crippen LogP) is 2.49. The Bertz CT molecular complexity index is 691. The number of aliphatic hydroxyl groups excluding tert-OH is 1. The smallest absolute Gasteiger partial charge is 0.134 e. The molecule has 0 saturated carbocycles. The van der Waals surface area contributed by atoms with E-state index in [0.29, 0.717) is 16.9 Å². The van der Waals surface area contributed by atoms with Gasteiger partial charge in [-0.25, -0.2) is 4.98 Å². The van der Waals surface area contributed by atoms with E-state index in [4.69, 9.17) is 10.2 Å². The van der Waals surface area contributed by atoms with Crippen molar-refractivity contribution >= 4 is 16.8 Å². The van der Waals surface area contributed by atoms with Crippen molar-refractivity contribution in [3.63, 3.8) is 0 Å². The van der Waals surface area contributed by atoms with Crippen LogP contribution in [0.15, 0.2) is 53.3 Å². The number of anilines is 1. The van der Waals surface area contributed by atoms with Crippen molar-refractivity contribution in [2.75, 3.05) is 5.73 Å². The number of rotatable bonds is 2. The first-order valence-corrected chi connectivity index (χ1v) is 5.62. The lowest BCUT2D eigenvalue weighted by molar-refractivity contribution is 0.221. The Morgan fingerprint density at radius 2 is 1.94 bits per heavy atom. The number of nitrogens with two attached hydrogens (primary N) is 1. The van der Waals surface area contributed by atoms with Gasteiger partial charge in [-0.15, -0.1) is 0 Å². The zero-order valence-corrected chi connectivity index (χ0v) is 9.58. The van der Waals surface area contributed by atoms with Gasteiger partial charge in [-0.1, -0.05) is 24.3 Å². The van der Waals surface area contributed by atoms with Crippen molar-refractivity contribution in [2.24, 2.45) is 0 Å². The number of hydrogen-bond acceptors (Lipinski definition) is 4. The highest BCUT2D eigenvalue weighted by Gasteiger charge is 2.18. The van der Waals surface area contributed by atoms with E-state index in [2.05, 4.69) is 4.98 Å². The van der Waals surface area contributed by atoms with Gasteiger partial charge in [0.25, 0.3) is 0 Å². The fourth-order valence-corrected chi connectivity index (χ4v) is 2.04. The monoisotopic (exact) mass is 240 g/mol. The first-order chi connectivity index (χ1) is 8.77. The van der Waals surface area contributed by atoms with Gasteiger partial charge in [0.1, 0.15) is 17.5 Å². The molecule has 0 aliphatic rings. The van der Waals surface area contributed by atoms with Gasteiger partial charge in [-0.2, -0.15) is 0 Å². The summed E-state index contributed by atoms with van der Waals surface area (Å²) in [6.07, 6.45) is 2.32. The summed E-state index contributed by atoms with van der Waals surface area (Å²) < 4.78 is 5.41. The molecular formula is C14H12N2O2. The van der Waals surface area contributed by atoms with Gasteiger partial charge in [-0.3, -0.25) is 0 Å². The zero-order chi connectivity index (χ0) is 12.5.